The number of hydrogen-bond acceptors (Lipinski definition) is 9. The van der Waals surface area contributed by atoms with Gasteiger partial charge in [0.2, 0.25) is 12.3 Å². The molecule has 0 spiro atoms. The number of nitrogens with one attached hydrogen (secondary N) is 1. The molecule has 4 unspecified atom stereocenters. The smallest absolute Gasteiger partial charge is 0.376 e. The van der Waals surface area contributed by atoms with E-state index in [4.69, 9.17) is 18.5 Å². The summed E-state index contributed by atoms with van der Waals surface area (Å²) in [6.07, 6.45) is 3.49. The van der Waals surface area contributed by atoms with Gasteiger partial charge in [-0.25, -0.2) is 4.57 Å². The van der Waals surface area contributed by atoms with E-state index in [0.717, 1.165) is 4.45 Å². The number of methoxy groups -OCH3 is 1. The van der Waals surface area contributed by atoms with Crippen LogP contribution in [0.4, 0.5) is 0 Å². The van der Waals surface area contributed by atoms with Crippen molar-refractivity contribution < 1.29 is 32.7 Å². The first-order valence-electron chi connectivity index (χ1n) is 10.9. The van der Waals surface area contributed by atoms with Gasteiger partial charge in [0.05, 0.1) is 31.2 Å². The second-order valence-corrected chi connectivity index (χ2v) is 9.57. The Morgan fingerprint density at radius 3 is 2.55 bits per heavy atom. The average Bonchev–Trinajstić information content (AvgIpc) is 3.39. The van der Waals surface area contributed by atoms with Gasteiger partial charge in [-0.15, -0.1) is 5.10 Å². The fourth-order valence-corrected chi connectivity index (χ4v) is 5.24. The maximum Gasteiger partial charge on any atom is 0.456 e. The van der Waals surface area contributed by atoms with E-state index in [0.29, 0.717) is 18.5 Å². The minimum Gasteiger partial charge on any atom is -0.376 e. The molecule has 13 heteroatoms. The average molecular weight is 487 g/mol. The highest BCUT2D eigenvalue weighted by Gasteiger charge is 2.48. The van der Waals surface area contributed by atoms with Crippen molar-refractivity contribution in [2.24, 2.45) is 11.8 Å². The van der Waals surface area contributed by atoms with E-state index in [2.05, 4.69) is 15.6 Å². The van der Waals surface area contributed by atoms with Crippen LogP contribution in [0.25, 0.3) is 0 Å². The summed E-state index contributed by atoms with van der Waals surface area (Å²) < 4.78 is 36.6. The van der Waals surface area contributed by atoms with Crippen LogP contribution in [0.15, 0.2) is 18.5 Å². The van der Waals surface area contributed by atoms with E-state index in [1.807, 2.05) is 13.8 Å². The predicted molar refractivity (Wildman–Crippen MR) is 119 cm³/mol. The molecular formula is C20H34N5O7P. The second-order valence-electron chi connectivity index (χ2n) is 7.71. The maximum absolute atomic E-state index is 12.9. The molecule has 0 bridgehead atoms. The first-order chi connectivity index (χ1) is 15.7. The molecule has 1 aromatic heterocycles. The fourth-order valence-electron chi connectivity index (χ4n) is 3.86. The molecule has 0 saturated carbocycles. The summed E-state index contributed by atoms with van der Waals surface area (Å²) in [5, 5.41) is 10.5. The number of aromatic nitrogens is 3. The lowest BCUT2D eigenvalue weighted by Gasteiger charge is -2.28. The summed E-state index contributed by atoms with van der Waals surface area (Å²) in [5.41, 5.74) is 0.527. The van der Waals surface area contributed by atoms with E-state index in [9.17, 15) is 14.2 Å². The molecule has 0 aliphatic carbocycles. The van der Waals surface area contributed by atoms with Gasteiger partial charge in [0.15, 0.2) is 6.23 Å². The molecule has 33 heavy (non-hydrogen) atoms. The summed E-state index contributed by atoms with van der Waals surface area (Å²) in [5.74, 6) is -0.295. The molecule has 1 aromatic rings. The summed E-state index contributed by atoms with van der Waals surface area (Å²) >= 11 is 0. The van der Waals surface area contributed by atoms with Crippen LogP contribution in [0.1, 0.15) is 33.4 Å². The van der Waals surface area contributed by atoms with E-state index < -0.39 is 20.1 Å². The molecule has 12 nitrogen and oxygen atoms in total. The third kappa shape index (κ3) is 6.48. The van der Waals surface area contributed by atoms with Gasteiger partial charge >= 0.3 is 7.75 Å². The molecular weight excluding hydrogens is 453 g/mol. The Kier molecular flexibility index (Phi) is 10.2. The molecule has 186 valence electrons. The molecule has 2 rings (SSSR count). The number of nitrogens with zero attached hydrogens (tertiary/aromatic N) is 4. The van der Waals surface area contributed by atoms with E-state index >= 15 is 0 Å². The highest BCUT2D eigenvalue weighted by molar-refractivity contribution is 7.52. The highest BCUT2D eigenvalue weighted by Crippen LogP contribution is 2.48. The number of amides is 2. The van der Waals surface area contributed by atoms with Gasteiger partial charge in [-0.05, 0) is 19.8 Å². The Morgan fingerprint density at radius 1 is 1.36 bits per heavy atom. The Morgan fingerprint density at radius 2 is 2.03 bits per heavy atom. The largest absolute Gasteiger partial charge is 0.456 e. The summed E-state index contributed by atoms with van der Waals surface area (Å²) in [6.45, 7) is 7.88. The van der Waals surface area contributed by atoms with Crippen molar-refractivity contribution in [3.8, 4) is 0 Å². The van der Waals surface area contributed by atoms with E-state index in [1.165, 1.54) is 30.4 Å². The quantitative estimate of drug-likeness (QED) is 0.250. The van der Waals surface area contributed by atoms with Crippen molar-refractivity contribution in [1.29, 1.82) is 0 Å². The van der Waals surface area contributed by atoms with Crippen molar-refractivity contribution in [3.05, 3.63) is 24.2 Å². The standard InChI is InChI=1S/C20H34N5O7P/c1-7-30-33(28,31-8-2)25-12-15(22-23-25)11-16-18(14(3)4)19(29-6)20(32-16)24(13-26)10-9-17(27)21-5/h9-10,12-14,16,18-20H,7-8,11H2,1-6H3,(H,21,27)/b10-9-. The highest BCUT2D eigenvalue weighted by atomic mass is 31.2. The van der Waals surface area contributed by atoms with Crippen molar-refractivity contribution in [2.45, 2.75) is 52.6 Å². The molecule has 2 heterocycles. The van der Waals surface area contributed by atoms with Crippen LogP contribution in [0.5, 0.6) is 0 Å². The molecule has 1 aliphatic heterocycles. The number of rotatable bonds is 13. The van der Waals surface area contributed by atoms with Gasteiger partial charge < -0.3 is 14.8 Å². The van der Waals surface area contributed by atoms with Gasteiger partial charge in [0.1, 0.15) is 6.10 Å². The second kappa shape index (κ2) is 12.4. The lowest BCUT2D eigenvalue weighted by atomic mass is 9.85. The molecule has 0 aromatic carbocycles. The third-order valence-corrected chi connectivity index (χ3v) is 7.15. The molecule has 1 saturated heterocycles. The van der Waals surface area contributed by atoms with Crippen LogP contribution in [0.3, 0.4) is 0 Å². The minimum absolute atomic E-state index is 0.0911. The van der Waals surface area contributed by atoms with E-state index in [1.54, 1.807) is 21.0 Å². The Labute approximate surface area is 194 Å². The summed E-state index contributed by atoms with van der Waals surface area (Å²) in [4.78, 5) is 24.6. The molecule has 0 radical (unpaired) electrons. The Bertz CT molecular complexity index is 852. The van der Waals surface area contributed by atoms with Gasteiger partial charge in [-0.2, -0.15) is 4.45 Å². The van der Waals surface area contributed by atoms with Gasteiger partial charge in [0.25, 0.3) is 0 Å². The van der Waals surface area contributed by atoms with Crippen LogP contribution in [-0.4, -0.2) is 77.8 Å². The fraction of sp³-hybridized carbons (Fsp3) is 0.700. The monoisotopic (exact) mass is 487 g/mol. The maximum atomic E-state index is 12.9. The minimum atomic E-state index is -3.63. The predicted octanol–water partition coefficient (Wildman–Crippen LogP) is 1.58. The third-order valence-electron chi connectivity index (χ3n) is 5.28. The normalized spacial score (nSPS) is 23.4. The van der Waals surface area contributed by atoms with E-state index in [-0.39, 0.29) is 37.1 Å². The van der Waals surface area contributed by atoms with Crippen LogP contribution in [0.2, 0.25) is 0 Å². The van der Waals surface area contributed by atoms with Crippen molar-refractivity contribution in [2.75, 3.05) is 27.4 Å². The van der Waals surface area contributed by atoms with Gasteiger partial charge in [-0.1, -0.05) is 19.1 Å². The van der Waals surface area contributed by atoms with Gasteiger partial charge in [0, 0.05) is 38.8 Å². The Balaban J connectivity index is 2.28. The van der Waals surface area contributed by atoms with Crippen molar-refractivity contribution in [1.82, 2.24) is 25.0 Å². The lowest BCUT2D eigenvalue weighted by Crippen LogP contribution is -2.41. The number of carbonyl (C=O) groups excluding carboxylic acids is 2. The van der Waals surface area contributed by atoms with Crippen LogP contribution >= 0.6 is 7.75 Å². The Hall–Kier alpha value is -2.11. The van der Waals surface area contributed by atoms with Crippen LogP contribution < -0.4 is 5.32 Å². The van der Waals surface area contributed by atoms with Crippen molar-refractivity contribution in [3.63, 3.8) is 0 Å². The number of likely N-dealkylation sites (N-methyl/N-ethyl adjacent to an activating group) is 1. The van der Waals surface area contributed by atoms with Crippen LogP contribution in [0, 0.1) is 11.8 Å². The lowest BCUT2D eigenvalue weighted by molar-refractivity contribution is -0.133. The first kappa shape index (κ1) is 27.1. The molecule has 1 aliphatic rings. The number of carbonyl (C=O) groups is 2. The topological polar surface area (TPSA) is 134 Å². The van der Waals surface area contributed by atoms with Gasteiger partial charge in [-0.3, -0.25) is 23.5 Å². The molecule has 4 atom stereocenters. The van der Waals surface area contributed by atoms with Crippen molar-refractivity contribution >= 4 is 20.1 Å². The zero-order valence-electron chi connectivity index (χ0n) is 19.9. The molecule has 1 fully saturated rings. The molecule has 1 N–H and O–H groups in total. The summed E-state index contributed by atoms with van der Waals surface area (Å²) in [6, 6.07) is 0. The first-order valence-corrected chi connectivity index (χ1v) is 12.4. The van der Waals surface area contributed by atoms with Crippen LogP contribution in [-0.2, 0) is 39.1 Å². The molecule has 2 amide bonds. The number of hydrogen-bond donors (Lipinski definition) is 1. The zero-order valence-corrected chi connectivity index (χ0v) is 20.8. The number of ether oxygens (including phenoxy) is 2. The zero-order chi connectivity index (χ0) is 24.6. The SMILES string of the molecule is CCOP(=O)(OCC)n1cc(CC2OC(N(C=O)/C=C\C(=O)NC)C(OC)C2C(C)C)nn1. The summed E-state index contributed by atoms with van der Waals surface area (Å²) in [7, 11) is -0.574.